The van der Waals surface area contributed by atoms with E-state index in [0.29, 0.717) is 25.6 Å². The Morgan fingerprint density at radius 2 is 1.79 bits per heavy atom. The lowest BCUT2D eigenvalue weighted by Gasteiger charge is -2.46. The van der Waals surface area contributed by atoms with Crippen LogP contribution in [0.3, 0.4) is 0 Å². The van der Waals surface area contributed by atoms with Gasteiger partial charge in [-0.25, -0.2) is 0 Å². The lowest BCUT2D eigenvalue weighted by Crippen LogP contribution is -2.55. The zero-order chi connectivity index (χ0) is 14.6. The number of rotatable bonds is 6. The molecule has 0 heterocycles. The molecule has 0 unspecified atom stereocenters. The van der Waals surface area contributed by atoms with E-state index in [1.807, 2.05) is 13.8 Å². The highest BCUT2D eigenvalue weighted by Gasteiger charge is 2.48. The van der Waals surface area contributed by atoms with Gasteiger partial charge in [-0.15, -0.1) is 0 Å². The molecule has 0 aliphatic heterocycles. The minimum Gasteiger partial charge on any atom is -0.342 e. The molecule has 110 valence electrons. The summed E-state index contributed by atoms with van der Waals surface area (Å²) in [6, 6.07) is 0. The van der Waals surface area contributed by atoms with Crippen molar-refractivity contribution < 1.29 is 9.59 Å². The number of nitrogens with two attached hydrogens (primary N) is 1. The maximum absolute atomic E-state index is 12.4. The molecule has 0 aromatic heterocycles. The maximum Gasteiger partial charge on any atom is 0.242 e. The van der Waals surface area contributed by atoms with Crippen molar-refractivity contribution >= 4 is 11.8 Å². The van der Waals surface area contributed by atoms with Gasteiger partial charge in [0.25, 0.3) is 0 Å². The smallest absolute Gasteiger partial charge is 0.242 e. The lowest BCUT2D eigenvalue weighted by molar-refractivity contribution is -0.151. The quantitative estimate of drug-likeness (QED) is 0.771. The van der Waals surface area contributed by atoms with E-state index in [4.69, 9.17) is 5.73 Å². The van der Waals surface area contributed by atoms with Crippen LogP contribution in [0.5, 0.6) is 0 Å². The number of hydrogen-bond donors (Lipinski definition) is 1. The van der Waals surface area contributed by atoms with Crippen molar-refractivity contribution in [3.05, 3.63) is 0 Å². The molecule has 0 spiro atoms. The summed E-state index contributed by atoms with van der Waals surface area (Å²) < 4.78 is 0. The molecular weight excluding hydrogens is 242 g/mol. The Morgan fingerprint density at radius 1 is 1.26 bits per heavy atom. The molecule has 0 saturated heterocycles. The molecule has 19 heavy (non-hydrogen) atoms. The highest BCUT2D eigenvalue weighted by Crippen LogP contribution is 2.45. The summed E-state index contributed by atoms with van der Waals surface area (Å²) in [5.41, 5.74) is 5.35. The van der Waals surface area contributed by atoms with Crippen LogP contribution in [0.25, 0.3) is 0 Å². The minimum absolute atomic E-state index is 0.000364. The molecule has 5 nitrogen and oxygen atoms in total. The van der Waals surface area contributed by atoms with E-state index < -0.39 is 5.41 Å². The van der Waals surface area contributed by atoms with Crippen LogP contribution < -0.4 is 5.73 Å². The Bertz CT molecular complexity index is 334. The summed E-state index contributed by atoms with van der Waals surface area (Å²) >= 11 is 0. The van der Waals surface area contributed by atoms with E-state index >= 15 is 0 Å². The zero-order valence-corrected chi connectivity index (χ0v) is 12.6. The van der Waals surface area contributed by atoms with Gasteiger partial charge in [0.05, 0.1) is 12.0 Å². The molecule has 0 radical (unpaired) electrons. The second-order valence-corrected chi connectivity index (χ2v) is 5.73. The van der Waals surface area contributed by atoms with Crippen LogP contribution in [0.2, 0.25) is 0 Å². The van der Waals surface area contributed by atoms with Crippen LogP contribution in [0.4, 0.5) is 0 Å². The molecule has 0 bridgehead atoms. The topological polar surface area (TPSA) is 66.6 Å². The van der Waals surface area contributed by atoms with Crippen LogP contribution in [0, 0.1) is 11.3 Å². The van der Waals surface area contributed by atoms with Crippen molar-refractivity contribution in [2.24, 2.45) is 17.1 Å². The van der Waals surface area contributed by atoms with Gasteiger partial charge in [-0.05, 0) is 32.6 Å². The predicted molar refractivity (Wildman–Crippen MR) is 75.5 cm³/mol. The van der Waals surface area contributed by atoms with E-state index in [-0.39, 0.29) is 18.4 Å². The van der Waals surface area contributed by atoms with E-state index in [9.17, 15) is 9.59 Å². The van der Waals surface area contributed by atoms with Crippen molar-refractivity contribution in [3.8, 4) is 0 Å². The van der Waals surface area contributed by atoms with Crippen molar-refractivity contribution in [3.63, 3.8) is 0 Å². The zero-order valence-electron chi connectivity index (χ0n) is 12.6. The molecule has 1 fully saturated rings. The van der Waals surface area contributed by atoms with Gasteiger partial charge in [0.2, 0.25) is 11.8 Å². The average molecular weight is 269 g/mol. The molecule has 2 N–H and O–H groups in total. The van der Waals surface area contributed by atoms with Gasteiger partial charge in [-0.3, -0.25) is 9.59 Å². The molecule has 2 amide bonds. The Balaban J connectivity index is 2.60. The van der Waals surface area contributed by atoms with Crippen molar-refractivity contribution in [2.45, 2.75) is 33.6 Å². The van der Waals surface area contributed by atoms with Gasteiger partial charge in [-0.1, -0.05) is 6.92 Å². The second-order valence-electron chi connectivity index (χ2n) is 5.73. The highest BCUT2D eigenvalue weighted by atomic mass is 16.2. The maximum atomic E-state index is 12.4. The van der Waals surface area contributed by atoms with E-state index in [1.54, 1.807) is 16.8 Å². The number of nitrogens with zero attached hydrogens (tertiary/aromatic N) is 2. The number of hydrogen-bond acceptors (Lipinski definition) is 3. The summed E-state index contributed by atoms with van der Waals surface area (Å²) in [4.78, 5) is 27.7. The normalized spacial score (nSPS) is 25.6. The van der Waals surface area contributed by atoms with E-state index in [0.717, 1.165) is 12.8 Å². The standard InChI is InChI=1S/C14H27N3O2/c1-5-17(6-2)12(18)9-16(4)13(19)14(10-15)7-11(3)8-14/h11H,5-10,15H2,1-4H3. The van der Waals surface area contributed by atoms with Gasteiger partial charge < -0.3 is 15.5 Å². The van der Waals surface area contributed by atoms with E-state index in [1.165, 1.54) is 0 Å². The number of amides is 2. The van der Waals surface area contributed by atoms with Gasteiger partial charge in [-0.2, -0.15) is 0 Å². The van der Waals surface area contributed by atoms with Crippen LogP contribution in [-0.2, 0) is 9.59 Å². The van der Waals surface area contributed by atoms with Crippen LogP contribution in [-0.4, -0.2) is 54.8 Å². The van der Waals surface area contributed by atoms with Crippen LogP contribution in [0.15, 0.2) is 0 Å². The first-order chi connectivity index (χ1) is 8.90. The fourth-order valence-corrected chi connectivity index (χ4v) is 3.06. The molecule has 0 aromatic carbocycles. The third-order valence-electron chi connectivity index (χ3n) is 4.16. The lowest BCUT2D eigenvalue weighted by atomic mass is 9.62. The first-order valence-electron chi connectivity index (χ1n) is 7.13. The average Bonchev–Trinajstić information content (AvgIpc) is 2.35. The summed E-state index contributed by atoms with van der Waals surface area (Å²) in [5, 5.41) is 0. The second kappa shape index (κ2) is 6.37. The van der Waals surface area contributed by atoms with Gasteiger partial charge in [0.1, 0.15) is 0 Å². The summed E-state index contributed by atoms with van der Waals surface area (Å²) in [7, 11) is 1.70. The SMILES string of the molecule is CCN(CC)C(=O)CN(C)C(=O)C1(CN)CC(C)C1. The molecule has 1 aliphatic carbocycles. The number of carbonyl (C=O) groups excluding carboxylic acids is 2. The van der Waals surface area contributed by atoms with Crippen LogP contribution >= 0.6 is 0 Å². The van der Waals surface area contributed by atoms with E-state index in [2.05, 4.69) is 6.92 Å². The molecule has 1 aliphatic rings. The first kappa shape index (κ1) is 16.0. The Morgan fingerprint density at radius 3 is 2.16 bits per heavy atom. The Hall–Kier alpha value is -1.10. The monoisotopic (exact) mass is 269 g/mol. The predicted octanol–water partition coefficient (Wildman–Crippen LogP) is 0.688. The van der Waals surface area contributed by atoms with Gasteiger partial charge >= 0.3 is 0 Å². The first-order valence-corrected chi connectivity index (χ1v) is 7.13. The molecule has 1 saturated carbocycles. The molecule has 1 rings (SSSR count). The van der Waals surface area contributed by atoms with Crippen molar-refractivity contribution in [2.75, 3.05) is 33.2 Å². The fraction of sp³-hybridized carbons (Fsp3) is 0.857. The number of likely N-dealkylation sites (N-methyl/N-ethyl adjacent to an activating group) is 2. The Kier molecular flexibility index (Phi) is 5.35. The minimum atomic E-state index is -0.419. The molecule has 0 atom stereocenters. The molecular formula is C14H27N3O2. The third-order valence-corrected chi connectivity index (χ3v) is 4.16. The highest BCUT2D eigenvalue weighted by molar-refractivity contribution is 5.88. The summed E-state index contributed by atoms with van der Waals surface area (Å²) in [5.74, 6) is 0.577. The van der Waals surface area contributed by atoms with Crippen LogP contribution in [0.1, 0.15) is 33.6 Å². The number of carbonyl (C=O) groups is 2. The molecule has 0 aromatic rings. The Labute approximate surface area is 116 Å². The summed E-state index contributed by atoms with van der Waals surface area (Å²) in [6.07, 6.45) is 1.68. The molecule has 5 heteroatoms. The third kappa shape index (κ3) is 3.26. The van der Waals surface area contributed by atoms with Crippen molar-refractivity contribution in [1.29, 1.82) is 0 Å². The van der Waals surface area contributed by atoms with Crippen molar-refractivity contribution in [1.82, 2.24) is 9.80 Å². The fourth-order valence-electron chi connectivity index (χ4n) is 3.06. The van der Waals surface area contributed by atoms with Gasteiger partial charge in [0.15, 0.2) is 0 Å². The largest absolute Gasteiger partial charge is 0.342 e. The van der Waals surface area contributed by atoms with Gasteiger partial charge in [0, 0.05) is 26.7 Å². The summed E-state index contributed by atoms with van der Waals surface area (Å²) in [6.45, 7) is 7.89.